The van der Waals surface area contributed by atoms with E-state index in [1.807, 2.05) is 22.8 Å². The summed E-state index contributed by atoms with van der Waals surface area (Å²) in [6.45, 7) is 3.38. The number of hydrogen-bond donors (Lipinski definition) is 4. The summed E-state index contributed by atoms with van der Waals surface area (Å²) >= 11 is 43.6. The summed E-state index contributed by atoms with van der Waals surface area (Å²) in [6.07, 6.45) is 0. The molecule has 4 aromatic rings. The van der Waals surface area contributed by atoms with Crippen LogP contribution in [0.4, 0.5) is 0 Å². The molecule has 0 aliphatic rings. The van der Waals surface area contributed by atoms with Gasteiger partial charge in [-0.1, -0.05) is 87.3 Å². The third-order valence-corrected chi connectivity index (χ3v) is 8.72. The van der Waals surface area contributed by atoms with Gasteiger partial charge in [-0.3, -0.25) is 9.80 Å². The van der Waals surface area contributed by atoms with Crippen LogP contribution < -0.4 is 0 Å². The SMILES string of the molecule is Cc1cc(Cl)c(O)c(CN(CCN(Cc2cc(Cl)cc(Cl)c2O)Cc2cc(Cl)cc(Cl)c2O)Cc2cc(Cl)cc(Cl)c2O)c1. The monoisotopic (exact) mass is 736 g/mol. The van der Waals surface area contributed by atoms with E-state index in [1.54, 1.807) is 24.3 Å². The summed E-state index contributed by atoms with van der Waals surface area (Å²) < 4.78 is 0. The maximum absolute atomic E-state index is 10.7. The van der Waals surface area contributed by atoms with Crippen molar-refractivity contribution < 1.29 is 20.4 Å². The topological polar surface area (TPSA) is 87.4 Å². The second kappa shape index (κ2) is 15.1. The maximum atomic E-state index is 10.7. The lowest BCUT2D eigenvalue weighted by Crippen LogP contribution is -2.34. The second-order valence-corrected chi connectivity index (χ2v) is 13.3. The van der Waals surface area contributed by atoms with Crippen LogP contribution in [0.1, 0.15) is 27.8 Å². The van der Waals surface area contributed by atoms with Crippen molar-refractivity contribution in [2.24, 2.45) is 0 Å². The van der Waals surface area contributed by atoms with Gasteiger partial charge in [0.1, 0.15) is 23.0 Å². The lowest BCUT2D eigenvalue weighted by Gasteiger charge is -2.29. The fraction of sp³-hybridized carbons (Fsp3) is 0.226. The highest BCUT2D eigenvalue weighted by atomic mass is 35.5. The fourth-order valence-corrected chi connectivity index (χ4v) is 6.72. The molecule has 4 rings (SSSR count). The van der Waals surface area contributed by atoms with Gasteiger partial charge in [0, 0.05) is 76.6 Å². The minimum absolute atomic E-state index is 0.0514. The summed E-state index contributed by atoms with van der Waals surface area (Å²) in [4.78, 5) is 3.90. The Hall–Kier alpha value is -1.97. The van der Waals surface area contributed by atoms with Crippen LogP contribution in [0.2, 0.25) is 35.2 Å². The summed E-state index contributed by atoms with van der Waals surface area (Å²) in [5.74, 6) is -0.404. The molecule has 0 unspecified atom stereocenters. The zero-order valence-electron chi connectivity index (χ0n) is 23.2. The number of hydrogen-bond acceptors (Lipinski definition) is 6. The summed E-state index contributed by atoms with van der Waals surface area (Å²) in [5, 5.41) is 44.4. The quantitative estimate of drug-likeness (QED) is 0.123. The van der Waals surface area contributed by atoms with Gasteiger partial charge >= 0.3 is 0 Å². The van der Waals surface area contributed by atoms with Crippen LogP contribution in [0.15, 0.2) is 48.5 Å². The first kappa shape index (κ1) is 34.9. The van der Waals surface area contributed by atoms with Crippen molar-refractivity contribution in [1.82, 2.24) is 9.80 Å². The molecule has 0 aliphatic heterocycles. The Morgan fingerprint density at radius 1 is 0.432 bits per heavy atom. The third kappa shape index (κ3) is 8.85. The van der Waals surface area contributed by atoms with Crippen molar-refractivity contribution in [1.29, 1.82) is 0 Å². The molecule has 0 saturated heterocycles. The van der Waals surface area contributed by atoms with Crippen molar-refractivity contribution in [2.45, 2.75) is 33.1 Å². The predicted octanol–water partition coefficient (Wildman–Crippen LogP) is 10.1. The summed E-state index contributed by atoms with van der Waals surface area (Å²) in [6, 6.07) is 12.7. The molecule has 234 valence electrons. The van der Waals surface area contributed by atoms with E-state index in [2.05, 4.69) is 0 Å². The average molecular weight is 740 g/mol. The van der Waals surface area contributed by atoms with Gasteiger partial charge in [-0.05, 0) is 55.0 Å². The molecule has 0 amide bonds. The first-order valence-corrected chi connectivity index (χ1v) is 15.8. The number of aryl methyl sites for hydroxylation is 1. The highest BCUT2D eigenvalue weighted by Gasteiger charge is 2.20. The van der Waals surface area contributed by atoms with Crippen LogP contribution in [-0.2, 0) is 26.2 Å². The summed E-state index contributed by atoms with van der Waals surface area (Å²) in [5.41, 5.74) is 2.84. The zero-order valence-corrected chi connectivity index (χ0v) is 28.5. The molecule has 4 aromatic carbocycles. The zero-order chi connectivity index (χ0) is 32.3. The van der Waals surface area contributed by atoms with Crippen molar-refractivity contribution in [3.8, 4) is 23.0 Å². The Labute approximate surface area is 290 Å². The molecule has 13 heteroatoms. The highest BCUT2D eigenvalue weighted by Crippen LogP contribution is 2.36. The average Bonchev–Trinajstić information content (AvgIpc) is 2.93. The van der Waals surface area contributed by atoms with E-state index in [0.29, 0.717) is 50.4 Å². The van der Waals surface area contributed by atoms with Crippen LogP contribution in [0.25, 0.3) is 0 Å². The molecule has 0 fully saturated rings. The molecule has 0 heterocycles. The van der Waals surface area contributed by atoms with E-state index >= 15 is 0 Å². The molecule has 0 bridgehead atoms. The first-order valence-electron chi connectivity index (χ1n) is 13.1. The highest BCUT2D eigenvalue weighted by molar-refractivity contribution is 6.36. The van der Waals surface area contributed by atoms with Gasteiger partial charge in [-0.2, -0.15) is 0 Å². The number of halogens is 7. The molecule has 0 saturated carbocycles. The lowest BCUT2D eigenvalue weighted by atomic mass is 10.1. The molecule has 0 spiro atoms. The molecular formula is C31H27Cl7N2O4. The van der Waals surface area contributed by atoms with E-state index in [1.165, 1.54) is 18.2 Å². The maximum Gasteiger partial charge on any atom is 0.138 e. The number of benzene rings is 4. The van der Waals surface area contributed by atoms with Gasteiger partial charge in [0.2, 0.25) is 0 Å². The van der Waals surface area contributed by atoms with Crippen molar-refractivity contribution in [3.05, 3.63) is 112 Å². The molecule has 0 aliphatic carbocycles. The minimum Gasteiger partial charge on any atom is -0.506 e. The third-order valence-electron chi connectivity index (χ3n) is 6.92. The number of nitrogens with zero attached hydrogens (tertiary/aromatic N) is 2. The Kier molecular flexibility index (Phi) is 12.0. The van der Waals surface area contributed by atoms with Crippen molar-refractivity contribution in [3.63, 3.8) is 0 Å². The number of phenols is 4. The molecule has 6 nitrogen and oxygen atoms in total. The second-order valence-electron chi connectivity index (χ2n) is 10.4. The Morgan fingerprint density at radius 3 is 1.02 bits per heavy atom. The minimum atomic E-state index is -0.121. The number of aromatic hydroxyl groups is 4. The predicted molar refractivity (Wildman–Crippen MR) is 180 cm³/mol. The Bertz CT molecular complexity index is 1440. The van der Waals surface area contributed by atoms with Gasteiger partial charge in [0.05, 0.1) is 20.1 Å². The van der Waals surface area contributed by atoms with E-state index in [-0.39, 0.29) is 69.3 Å². The van der Waals surface area contributed by atoms with E-state index in [9.17, 15) is 20.4 Å². The van der Waals surface area contributed by atoms with Crippen LogP contribution in [0, 0.1) is 6.92 Å². The van der Waals surface area contributed by atoms with E-state index in [4.69, 9.17) is 81.2 Å². The van der Waals surface area contributed by atoms with Gasteiger partial charge in [0.15, 0.2) is 0 Å². The van der Waals surface area contributed by atoms with Crippen LogP contribution in [-0.4, -0.2) is 43.3 Å². The van der Waals surface area contributed by atoms with Gasteiger partial charge in [-0.15, -0.1) is 0 Å². The van der Waals surface area contributed by atoms with Crippen LogP contribution >= 0.6 is 81.2 Å². The Morgan fingerprint density at radius 2 is 0.705 bits per heavy atom. The molecule has 0 aromatic heterocycles. The lowest BCUT2D eigenvalue weighted by molar-refractivity contribution is 0.178. The largest absolute Gasteiger partial charge is 0.506 e. The van der Waals surface area contributed by atoms with Gasteiger partial charge in [-0.25, -0.2) is 0 Å². The Balaban J connectivity index is 1.70. The molecule has 44 heavy (non-hydrogen) atoms. The molecule has 0 radical (unpaired) electrons. The van der Waals surface area contributed by atoms with Crippen LogP contribution in [0.5, 0.6) is 23.0 Å². The van der Waals surface area contributed by atoms with Crippen molar-refractivity contribution in [2.75, 3.05) is 13.1 Å². The fourth-order valence-electron chi connectivity index (χ4n) is 4.82. The number of phenolic OH excluding ortho intramolecular Hbond substituents is 4. The normalized spacial score (nSPS) is 11.6. The standard InChI is InChI=1S/C31H27Cl7N2O4/c1-16-4-17(28(41)24(35)5-16)12-39(13-18-6-21(32)9-25(36)29(18)42)2-3-40(14-19-7-22(33)10-26(37)30(19)43)15-20-8-23(34)11-27(38)31(20)44/h4-11,41-44H,2-3,12-15H2,1H3. The van der Waals surface area contributed by atoms with E-state index in [0.717, 1.165) is 5.56 Å². The van der Waals surface area contributed by atoms with Gasteiger partial charge < -0.3 is 20.4 Å². The molecular weight excluding hydrogens is 713 g/mol. The van der Waals surface area contributed by atoms with Crippen LogP contribution in [0.3, 0.4) is 0 Å². The smallest absolute Gasteiger partial charge is 0.138 e. The molecule has 4 N–H and O–H groups in total. The molecule has 0 atom stereocenters. The summed E-state index contributed by atoms with van der Waals surface area (Å²) in [7, 11) is 0. The van der Waals surface area contributed by atoms with Crippen molar-refractivity contribution >= 4 is 81.2 Å². The first-order chi connectivity index (χ1) is 20.7. The van der Waals surface area contributed by atoms with E-state index < -0.39 is 0 Å². The number of rotatable bonds is 11. The van der Waals surface area contributed by atoms with Gasteiger partial charge in [0.25, 0.3) is 0 Å².